The SMILES string of the molecule is Cc1nc([C@H]2CCCN(Cc3cccc(-c4ccc(F)cc4)c3)C2)ncc1C(=O)N(C)C. The number of likely N-dealkylation sites (tertiary alicyclic amines) is 1. The summed E-state index contributed by atoms with van der Waals surface area (Å²) in [5, 5.41) is 0. The number of aromatic nitrogens is 2. The largest absolute Gasteiger partial charge is 0.345 e. The Balaban J connectivity index is 1.46. The van der Waals surface area contributed by atoms with Crippen LogP contribution in [0, 0.1) is 12.7 Å². The molecule has 3 aromatic rings. The van der Waals surface area contributed by atoms with E-state index < -0.39 is 0 Å². The number of halogens is 1. The van der Waals surface area contributed by atoms with Crippen molar-refractivity contribution in [3.8, 4) is 11.1 Å². The molecule has 0 saturated carbocycles. The number of benzene rings is 2. The number of piperidine rings is 1. The normalized spacial score (nSPS) is 16.7. The van der Waals surface area contributed by atoms with E-state index in [0.29, 0.717) is 5.56 Å². The van der Waals surface area contributed by atoms with E-state index in [1.807, 2.05) is 19.1 Å². The summed E-state index contributed by atoms with van der Waals surface area (Å²) in [6.07, 6.45) is 3.81. The number of rotatable bonds is 5. The Kier molecular flexibility index (Phi) is 6.61. The summed E-state index contributed by atoms with van der Waals surface area (Å²) < 4.78 is 13.3. The van der Waals surface area contributed by atoms with Gasteiger partial charge in [-0.1, -0.05) is 30.3 Å². The highest BCUT2D eigenvalue weighted by atomic mass is 19.1. The van der Waals surface area contributed by atoms with Gasteiger partial charge in [-0.25, -0.2) is 14.4 Å². The fourth-order valence-electron chi connectivity index (χ4n) is 4.29. The number of carbonyl (C=O) groups is 1. The molecule has 0 unspecified atom stereocenters. The van der Waals surface area contributed by atoms with Gasteiger partial charge in [0.2, 0.25) is 0 Å². The van der Waals surface area contributed by atoms with Gasteiger partial charge < -0.3 is 4.90 Å². The molecule has 0 radical (unpaired) electrons. The van der Waals surface area contributed by atoms with Crippen LogP contribution in [-0.2, 0) is 6.54 Å². The molecule has 1 aromatic heterocycles. The van der Waals surface area contributed by atoms with Crippen molar-refractivity contribution in [3.05, 3.63) is 83.2 Å². The smallest absolute Gasteiger partial charge is 0.256 e. The van der Waals surface area contributed by atoms with Crippen LogP contribution in [0.2, 0.25) is 0 Å². The molecule has 0 N–H and O–H groups in total. The van der Waals surface area contributed by atoms with Crippen LogP contribution in [0.4, 0.5) is 4.39 Å². The van der Waals surface area contributed by atoms with E-state index >= 15 is 0 Å². The summed E-state index contributed by atoms with van der Waals surface area (Å²) in [4.78, 5) is 25.5. The Labute approximate surface area is 188 Å². The van der Waals surface area contributed by atoms with Crippen molar-refractivity contribution in [2.24, 2.45) is 0 Å². The second-order valence-corrected chi connectivity index (χ2v) is 8.71. The molecule has 4 rings (SSSR count). The highest BCUT2D eigenvalue weighted by molar-refractivity contribution is 5.94. The van der Waals surface area contributed by atoms with E-state index in [9.17, 15) is 9.18 Å². The minimum Gasteiger partial charge on any atom is -0.345 e. The molecule has 0 spiro atoms. The summed E-state index contributed by atoms with van der Waals surface area (Å²) in [6, 6.07) is 15.1. The average molecular weight is 433 g/mol. The molecule has 1 atom stereocenters. The van der Waals surface area contributed by atoms with Crippen molar-refractivity contribution in [2.45, 2.75) is 32.2 Å². The van der Waals surface area contributed by atoms with Gasteiger partial charge >= 0.3 is 0 Å². The number of hydrogen-bond acceptors (Lipinski definition) is 4. The van der Waals surface area contributed by atoms with E-state index in [-0.39, 0.29) is 17.6 Å². The molecule has 1 aliphatic rings. The first-order valence-electron chi connectivity index (χ1n) is 11.0. The Hall–Kier alpha value is -3.12. The lowest BCUT2D eigenvalue weighted by Crippen LogP contribution is -2.34. The monoisotopic (exact) mass is 432 g/mol. The standard InChI is InChI=1S/C26H29FN4O/c1-18-24(26(32)30(2)3)15-28-25(29-18)22-8-5-13-31(17-22)16-19-6-4-7-21(14-19)20-9-11-23(27)12-10-20/h4,6-7,9-12,14-15,22H,5,8,13,16-17H2,1-3H3/t22-/m0/s1. The first kappa shape index (κ1) is 22.1. The highest BCUT2D eigenvalue weighted by Gasteiger charge is 2.25. The van der Waals surface area contributed by atoms with E-state index in [1.54, 1.807) is 25.2 Å². The van der Waals surface area contributed by atoms with Crippen LogP contribution in [0.25, 0.3) is 11.1 Å². The molecule has 2 heterocycles. The number of carbonyl (C=O) groups excluding carboxylic acids is 1. The van der Waals surface area contributed by atoms with Crippen molar-refractivity contribution in [1.82, 2.24) is 19.8 Å². The highest BCUT2D eigenvalue weighted by Crippen LogP contribution is 2.27. The zero-order valence-corrected chi connectivity index (χ0v) is 18.9. The molecule has 32 heavy (non-hydrogen) atoms. The maximum atomic E-state index is 13.3. The van der Waals surface area contributed by atoms with Gasteiger partial charge in [0.05, 0.1) is 11.3 Å². The van der Waals surface area contributed by atoms with Gasteiger partial charge in [-0.15, -0.1) is 0 Å². The predicted molar refractivity (Wildman–Crippen MR) is 124 cm³/mol. The molecular weight excluding hydrogens is 403 g/mol. The lowest BCUT2D eigenvalue weighted by atomic mass is 9.96. The van der Waals surface area contributed by atoms with Crippen LogP contribution >= 0.6 is 0 Å². The van der Waals surface area contributed by atoms with Gasteiger partial charge in [-0.2, -0.15) is 0 Å². The Morgan fingerprint density at radius 2 is 1.94 bits per heavy atom. The van der Waals surface area contributed by atoms with E-state index in [2.05, 4.69) is 39.1 Å². The maximum Gasteiger partial charge on any atom is 0.256 e. The Morgan fingerprint density at radius 3 is 2.66 bits per heavy atom. The van der Waals surface area contributed by atoms with Crippen molar-refractivity contribution in [1.29, 1.82) is 0 Å². The van der Waals surface area contributed by atoms with Gasteiger partial charge in [-0.05, 0) is 61.2 Å². The molecule has 1 fully saturated rings. The number of aryl methyl sites for hydroxylation is 1. The summed E-state index contributed by atoms with van der Waals surface area (Å²) in [6.45, 7) is 4.65. The van der Waals surface area contributed by atoms with Crippen LogP contribution in [0.1, 0.15) is 46.2 Å². The molecule has 1 aliphatic heterocycles. The third kappa shape index (κ3) is 5.02. The number of nitrogens with zero attached hydrogens (tertiary/aromatic N) is 4. The van der Waals surface area contributed by atoms with Crippen LogP contribution in [-0.4, -0.2) is 52.9 Å². The molecule has 1 amide bonds. The maximum absolute atomic E-state index is 13.3. The molecule has 5 nitrogen and oxygen atoms in total. The minimum absolute atomic E-state index is 0.0691. The topological polar surface area (TPSA) is 49.3 Å². The molecule has 0 bridgehead atoms. The summed E-state index contributed by atoms with van der Waals surface area (Å²) >= 11 is 0. The molecule has 166 valence electrons. The zero-order valence-electron chi connectivity index (χ0n) is 18.9. The lowest BCUT2D eigenvalue weighted by Gasteiger charge is -2.32. The van der Waals surface area contributed by atoms with E-state index in [0.717, 1.165) is 55.1 Å². The van der Waals surface area contributed by atoms with Crippen molar-refractivity contribution in [2.75, 3.05) is 27.2 Å². The quantitative estimate of drug-likeness (QED) is 0.588. The van der Waals surface area contributed by atoms with Crippen molar-refractivity contribution < 1.29 is 9.18 Å². The third-order valence-corrected chi connectivity index (χ3v) is 6.02. The fraction of sp³-hybridized carbons (Fsp3) is 0.346. The Bertz CT molecular complexity index is 1100. The average Bonchev–Trinajstić information content (AvgIpc) is 2.79. The minimum atomic E-state index is -0.221. The van der Waals surface area contributed by atoms with Crippen LogP contribution in [0.5, 0.6) is 0 Å². The van der Waals surface area contributed by atoms with Gasteiger partial charge in [0.25, 0.3) is 5.91 Å². The van der Waals surface area contributed by atoms with Gasteiger partial charge in [0.1, 0.15) is 11.6 Å². The first-order valence-corrected chi connectivity index (χ1v) is 11.0. The summed E-state index contributed by atoms with van der Waals surface area (Å²) in [7, 11) is 3.47. The summed E-state index contributed by atoms with van der Waals surface area (Å²) in [5.41, 5.74) is 4.63. The van der Waals surface area contributed by atoms with Crippen LogP contribution < -0.4 is 0 Å². The van der Waals surface area contributed by atoms with Gasteiger partial charge in [0.15, 0.2) is 0 Å². The number of hydrogen-bond donors (Lipinski definition) is 0. The van der Waals surface area contributed by atoms with Crippen molar-refractivity contribution in [3.63, 3.8) is 0 Å². The fourth-order valence-corrected chi connectivity index (χ4v) is 4.29. The van der Waals surface area contributed by atoms with Crippen molar-refractivity contribution >= 4 is 5.91 Å². The molecule has 2 aromatic carbocycles. The third-order valence-electron chi connectivity index (χ3n) is 6.02. The summed E-state index contributed by atoms with van der Waals surface area (Å²) in [5.74, 6) is 0.787. The molecular formula is C26H29FN4O. The Morgan fingerprint density at radius 1 is 1.16 bits per heavy atom. The second-order valence-electron chi connectivity index (χ2n) is 8.71. The predicted octanol–water partition coefficient (Wildman–Crippen LogP) is 4.67. The molecule has 1 saturated heterocycles. The van der Waals surface area contributed by atoms with Crippen LogP contribution in [0.15, 0.2) is 54.7 Å². The van der Waals surface area contributed by atoms with Gasteiger partial charge in [-0.3, -0.25) is 9.69 Å². The number of amides is 1. The second kappa shape index (κ2) is 9.57. The molecule has 6 heteroatoms. The van der Waals surface area contributed by atoms with E-state index in [1.165, 1.54) is 17.7 Å². The van der Waals surface area contributed by atoms with Gasteiger partial charge in [0, 0.05) is 39.3 Å². The lowest BCUT2D eigenvalue weighted by molar-refractivity contribution is 0.0825. The molecule has 0 aliphatic carbocycles. The first-order chi connectivity index (χ1) is 15.4. The van der Waals surface area contributed by atoms with Crippen LogP contribution in [0.3, 0.4) is 0 Å². The van der Waals surface area contributed by atoms with E-state index in [4.69, 9.17) is 0 Å². The zero-order chi connectivity index (χ0) is 22.7.